The fourth-order valence-electron chi connectivity index (χ4n) is 2.01. The van der Waals surface area contributed by atoms with Gasteiger partial charge < -0.3 is 14.6 Å². The summed E-state index contributed by atoms with van der Waals surface area (Å²) in [6.07, 6.45) is 4.63. The van der Waals surface area contributed by atoms with E-state index in [1.165, 1.54) is 18.5 Å². The number of aromatic amines is 1. The number of hydrogen-bond acceptors (Lipinski definition) is 3. The molecule has 5 heteroatoms. The molecule has 1 aromatic heterocycles. The van der Waals surface area contributed by atoms with E-state index in [0.717, 1.165) is 12.8 Å². The molecule has 0 radical (unpaired) electrons. The molecule has 2 heterocycles. The summed E-state index contributed by atoms with van der Waals surface area (Å²) in [5, 5.41) is 0. The minimum atomic E-state index is -0.243. The molecule has 1 fully saturated rings. The van der Waals surface area contributed by atoms with E-state index in [9.17, 15) is 9.59 Å². The number of hydrogen-bond donors (Lipinski definition) is 1. The van der Waals surface area contributed by atoms with Gasteiger partial charge in [0.1, 0.15) is 5.56 Å². The Kier molecular flexibility index (Phi) is 3.58. The predicted molar refractivity (Wildman–Crippen MR) is 63.0 cm³/mol. The topological polar surface area (TPSA) is 62.4 Å². The highest BCUT2D eigenvalue weighted by Crippen LogP contribution is 2.14. The third-order valence-corrected chi connectivity index (χ3v) is 3.11. The molecule has 0 unspecified atom stereocenters. The first kappa shape index (κ1) is 11.9. The van der Waals surface area contributed by atoms with E-state index in [1.54, 1.807) is 11.9 Å². The first-order valence-corrected chi connectivity index (χ1v) is 5.72. The van der Waals surface area contributed by atoms with Gasteiger partial charge in [0.2, 0.25) is 0 Å². The van der Waals surface area contributed by atoms with Gasteiger partial charge in [0.25, 0.3) is 5.91 Å². The number of ether oxygens (including phenoxy) is 1. The van der Waals surface area contributed by atoms with Crippen molar-refractivity contribution in [1.82, 2.24) is 9.88 Å². The zero-order valence-corrected chi connectivity index (χ0v) is 9.81. The molecule has 2 rings (SSSR count). The van der Waals surface area contributed by atoms with Crippen molar-refractivity contribution in [2.45, 2.75) is 18.9 Å². The number of amides is 1. The van der Waals surface area contributed by atoms with Gasteiger partial charge >= 0.3 is 0 Å². The van der Waals surface area contributed by atoms with E-state index in [2.05, 4.69) is 4.98 Å². The maximum Gasteiger partial charge on any atom is 0.259 e. The van der Waals surface area contributed by atoms with Crippen molar-refractivity contribution in [3.05, 3.63) is 34.2 Å². The summed E-state index contributed by atoms with van der Waals surface area (Å²) < 4.78 is 5.25. The zero-order valence-electron chi connectivity index (χ0n) is 9.81. The van der Waals surface area contributed by atoms with Crippen molar-refractivity contribution in [3.63, 3.8) is 0 Å². The van der Waals surface area contributed by atoms with Gasteiger partial charge in [-0.05, 0) is 12.8 Å². The van der Waals surface area contributed by atoms with E-state index < -0.39 is 0 Å². The predicted octanol–water partition coefficient (Wildman–Crippen LogP) is 0.626. The molecule has 1 aliphatic rings. The van der Waals surface area contributed by atoms with Crippen molar-refractivity contribution in [1.29, 1.82) is 0 Å². The van der Waals surface area contributed by atoms with Gasteiger partial charge in [-0.25, -0.2) is 0 Å². The summed E-state index contributed by atoms with van der Waals surface area (Å²) in [5.41, 5.74) is -0.0471. The van der Waals surface area contributed by atoms with Crippen LogP contribution in [0.1, 0.15) is 23.2 Å². The molecule has 0 spiro atoms. The number of nitrogens with zero attached hydrogens (tertiary/aromatic N) is 1. The smallest absolute Gasteiger partial charge is 0.259 e. The highest BCUT2D eigenvalue weighted by molar-refractivity contribution is 5.93. The molecular formula is C12H16N2O3. The summed E-state index contributed by atoms with van der Waals surface area (Å²) in [7, 11) is 1.74. The number of rotatable bonds is 2. The van der Waals surface area contributed by atoms with Crippen LogP contribution in [0, 0.1) is 0 Å². The Bertz CT molecular complexity index is 449. The van der Waals surface area contributed by atoms with Crippen molar-refractivity contribution in [3.8, 4) is 0 Å². The lowest BCUT2D eigenvalue weighted by molar-refractivity contribution is 0.0361. The number of pyridine rings is 1. The van der Waals surface area contributed by atoms with Gasteiger partial charge in [-0.2, -0.15) is 0 Å². The Morgan fingerprint density at radius 2 is 2.18 bits per heavy atom. The molecule has 1 amide bonds. The fourth-order valence-corrected chi connectivity index (χ4v) is 2.01. The molecule has 1 aromatic rings. The molecule has 92 valence electrons. The van der Waals surface area contributed by atoms with Gasteiger partial charge in [0, 0.05) is 44.8 Å². The number of H-pyrrole nitrogens is 1. The van der Waals surface area contributed by atoms with Crippen LogP contribution in [0.3, 0.4) is 0 Å². The average molecular weight is 236 g/mol. The van der Waals surface area contributed by atoms with Crippen molar-refractivity contribution in [2.24, 2.45) is 0 Å². The third kappa shape index (κ3) is 2.55. The molecule has 0 saturated carbocycles. The lowest BCUT2D eigenvalue weighted by Crippen LogP contribution is -2.42. The first-order valence-electron chi connectivity index (χ1n) is 5.72. The van der Waals surface area contributed by atoms with E-state index >= 15 is 0 Å². The number of aromatic nitrogens is 1. The van der Waals surface area contributed by atoms with E-state index in [-0.39, 0.29) is 22.9 Å². The van der Waals surface area contributed by atoms with Gasteiger partial charge in [0.15, 0.2) is 5.43 Å². The first-order chi connectivity index (χ1) is 8.20. The molecule has 0 aliphatic carbocycles. The Hall–Kier alpha value is -1.62. The summed E-state index contributed by atoms with van der Waals surface area (Å²) in [5.74, 6) is -0.223. The minimum Gasteiger partial charge on any atom is -0.381 e. The van der Waals surface area contributed by atoms with Crippen LogP contribution < -0.4 is 5.43 Å². The molecule has 17 heavy (non-hydrogen) atoms. The molecule has 1 saturated heterocycles. The van der Waals surface area contributed by atoms with E-state index in [0.29, 0.717) is 13.2 Å². The Morgan fingerprint density at radius 1 is 1.47 bits per heavy atom. The summed E-state index contributed by atoms with van der Waals surface area (Å²) in [6, 6.07) is 1.53. The maximum atomic E-state index is 12.1. The third-order valence-electron chi connectivity index (χ3n) is 3.11. The lowest BCUT2D eigenvalue weighted by atomic mass is 10.1. The standard InChI is InChI=1S/C12H16N2O3/c1-14(9-3-6-17-7-4-9)12(16)10-8-13-5-2-11(10)15/h2,5,8-9H,3-4,6-7H2,1H3,(H,13,15). The number of carbonyl (C=O) groups is 1. The molecule has 0 aromatic carbocycles. The van der Waals surface area contributed by atoms with Crippen molar-refractivity contribution >= 4 is 5.91 Å². The van der Waals surface area contributed by atoms with Crippen molar-refractivity contribution < 1.29 is 9.53 Å². The Balaban J connectivity index is 2.14. The van der Waals surface area contributed by atoms with Crippen LogP contribution in [-0.4, -0.2) is 42.1 Å². The SMILES string of the molecule is CN(C(=O)c1c[nH]ccc1=O)C1CCOCC1. The van der Waals surface area contributed by atoms with Crippen molar-refractivity contribution in [2.75, 3.05) is 20.3 Å². The fraction of sp³-hybridized carbons (Fsp3) is 0.500. The molecular weight excluding hydrogens is 220 g/mol. The second-order valence-corrected chi connectivity index (χ2v) is 4.18. The summed E-state index contributed by atoms with van der Waals surface area (Å²) in [4.78, 5) is 28.1. The lowest BCUT2D eigenvalue weighted by Gasteiger charge is -2.31. The van der Waals surface area contributed by atoms with Crippen LogP contribution in [0.4, 0.5) is 0 Å². The summed E-state index contributed by atoms with van der Waals surface area (Å²) in [6.45, 7) is 1.35. The van der Waals surface area contributed by atoms with Gasteiger partial charge in [0.05, 0.1) is 0 Å². The second-order valence-electron chi connectivity index (χ2n) is 4.18. The van der Waals surface area contributed by atoms with Gasteiger partial charge in [-0.15, -0.1) is 0 Å². The second kappa shape index (κ2) is 5.14. The number of nitrogens with one attached hydrogen (secondary N) is 1. The van der Waals surface area contributed by atoms with Gasteiger partial charge in [-0.3, -0.25) is 9.59 Å². The van der Waals surface area contributed by atoms with Crippen LogP contribution in [0.2, 0.25) is 0 Å². The maximum absolute atomic E-state index is 12.1. The number of carbonyl (C=O) groups excluding carboxylic acids is 1. The van der Waals surface area contributed by atoms with Crippen LogP contribution in [0.25, 0.3) is 0 Å². The monoisotopic (exact) mass is 236 g/mol. The Morgan fingerprint density at radius 3 is 2.82 bits per heavy atom. The average Bonchev–Trinajstić information content (AvgIpc) is 2.39. The molecule has 0 atom stereocenters. The quantitative estimate of drug-likeness (QED) is 0.819. The largest absolute Gasteiger partial charge is 0.381 e. The highest BCUT2D eigenvalue weighted by Gasteiger charge is 2.24. The molecule has 1 aliphatic heterocycles. The summed E-state index contributed by atoms with van der Waals surface area (Å²) >= 11 is 0. The molecule has 5 nitrogen and oxygen atoms in total. The molecule has 0 bridgehead atoms. The normalized spacial score (nSPS) is 16.8. The van der Waals surface area contributed by atoms with E-state index in [1.807, 2.05) is 0 Å². The van der Waals surface area contributed by atoms with E-state index in [4.69, 9.17) is 4.74 Å². The minimum absolute atomic E-state index is 0.163. The van der Waals surface area contributed by atoms with Crippen LogP contribution >= 0.6 is 0 Å². The molecule has 1 N–H and O–H groups in total. The van der Waals surface area contributed by atoms with Crippen LogP contribution in [0.15, 0.2) is 23.3 Å². The Labute approximate surface area is 99.4 Å². The van der Waals surface area contributed by atoms with Gasteiger partial charge in [-0.1, -0.05) is 0 Å². The van der Waals surface area contributed by atoms with Crippen LogP contribution in [0.5, 0.6) is 0 Å². The zero-order chi connectivity index (χ0) is 12.3. The van der Waals surface area contributed by atoms with Crippen LogP contribution in [-0.2, 0) is 4.74 Å². The highest BCUT2D eigenvalue weighted by atomic mass is 16.5.